The Morgan fingerprint density at radius 3 is 1.45 bits per heavy atom. The molecule has 0 saturated carbocycles. The maximum atomic E-state index is 14.0. The third kappa shape index (κ3) is 27.9. The average Bonchev–Trinajstić information content (AvgIpc) is 1.63. The van der Waals surface area contributed by atoms with Gasteiger partial charge in [-0.15, -0.1) is 0 Å². The van der Waals surface area contributed by atoms with Gasteiger partial charge in [-0.3, -0.25) is 49.2 Å². The fourth-order valence-electron chi connectivity index (χ4n) is 10.7. The maximum absolute atomic E-state index is 14.0. The number of carbonyl (C=O) groups is 5. The highest BCUT2D eigenvalue weighted by atomic mass is 19.2. The minimum Gasteiger partial charge on any atom is -0.494 e. The van der Waals surface area contributed by atoms with Crippen molar-refractivity contribution >= 4 is 69.3 Å². The van der Waals surface area contributed by atoms with Crippen molar-refractivity contribution in [2.75, 3.05) is 202 Å². The number of benzene rings is 3. The van der Waals surface area contributed by atoms with Gasteiger partial charge in [0.2, 0.25) is 41.1 Å². The van der Waals surface area contributed by atoms with Crippen LogP contribution in [0.1, 0.15) is 70.5 Å². The summed E-state index contributed by atoms with van der Waals surface area (Å²) >= 11 is 0. The lowest BCUT2D eigenvalue weighted by molar-refractivity contribution is -0.136. The molecule has 4 heterocycles. The van der Waals surface area contributed by atoms with Gasteiger partial charge in [0.15, 0.2) is 11.6 Å². The van der Waals surface area contributed by atoms with Crippen molar-refractivity contribution in [1.29, 1.82) is 0 Å². The molecule has 588 valence electrons. The molecule has 1 aliphatic heterocycles. The molecule has 0 aliphatic carbocycles. The molecule has 7 rings (SSSR count). The molecule has 0 atom stereocenters. The van der Waals surface area contributed by atoms with E-state index in [1.54, 1.807) is 52.8 Å². The van der Waals surface area contributed by atoms with Crippen molar-refractivity contribution in [2.24, 2.45) is 22.2 Å². The van der Waals surface area contributed by atoms with Crippen LogP contribution in [0, 0.1) is 30.2 Å². The molecule has 8 N–H and O–H groups in total. The zero-order valence-corrected chi connectivity index (χ0v) is 61.1. The van der Waals surface area contributed by atoms with Crippen molar-refractivity contribution in [1.82, 2.24) is 38.7 Å². The van der Waals surface area contributed by atoms with Gasteiger partial charge in [-0.25, -0.2) is 18.7 Å². The predicted octanol–water partition coefficient (Wildman–Crippen LogP) is 4.99. The summed E-state index contributed by atoms with van der Waals surface area (Å²) in [6.45, 7) is 20.4. The predicted molar refractivity (Wildman–Crippen MR) is 385 cm³/mol. The van der Waals surface area contributed by atoms with E-state index in [2.05, 4.69) is 40.2 Å². The number of imidazole rings is 2. The van der Waals surface area contributed by atoms with Gasteiger partial charge in [-0.2, -0.15) is 13.9 Å². The van der Waals surface area contributed by atoms with Crippen LogP contribution in [0.3, 0.4) is 0 Å². The molecule has 1 aliphatic rings. The Balaban J connectivity index is 0.728. The molecule has 0 radical (unpaired) electrons. The second-order valence-electron chi connectivity index (χ2n) is 23.9. The number of carbonyl (C=O) groups excluding carboxylic acids is 5. The minimum atomic E-state index is -1.81. The normalized spacial score (nSPS) is 13.2. The third-order valence-corrected chi connectivity index (χ3v) is 15.9. The molecule has 4 amide bonds. The number of allylic oxidation sites excluding steroid dienone is 3. The van der Waals surface area contributed by atoms with Crippen LogP contribution in [0.25, 0.3) is 22.1 Å². The number of aliphatic imine (C=N–C) groups is 1. The minimum absolute atomic E-state index is 0.0127. The Labute approximate surface area is 616 Å². The van der Waals surface area contributed by atoms with Gasteiger partial charge in [0.1, 0.15) is 33.9 Å². The number of piperazine rings is 1. The van der Waals surface area contributed by atoms with Crippen molar-refractivity contribution in [2.45, 2.75) is 60.2 Å². The first-order chi connectivity index (χ1) is 51.8. The number of ether oxygens (including phenoxy) is 13. The monoisotopic (exact) mass is 1510 g/mol. The fraction of sp³-hybridized carbons (Fsp3) is 0.535. The van der Waals surface area contributed by atoms with E-state index >= 15 is 0 Å². The first-order valence-electron chi connectivity index (χ1n) is 35.2. The molecular formula is C71H98F4N14O18. The number of esters is 1. The van der Waals surface area contributed by atoms with Crippen molar-refractivity contribution < 1.29 is 103 Å². The molecule has 6 aromatic rings. The number of nitrogens with one attached hydrogen (secondary N) is 2. The van der Waals surface area contributed by atoms with E-state index in [0.29, 0.717) is 170 Å². The molecule has 0 unspecified atom stereocenters. The molecule has 0 spiro atoms. The number of anilines is 2. The summed E-state index contributed by atoms with van der Waals surface area (Å²) in [7, 11) is 1.44. The van der Waals surface area contributed by atoms with E-state index in [4.69, 9.17) is 79.0 Å². The molecule has 107 heavy (non-hydrogen) atoms. The number of fused-ring (bicyclic) bond motifs is 2. The van der Waals surface area contributed by atoms with Crippen LogP contribution in [-0.2, 0) is 76.6 Å². The van der Waals surface area contributed by atoms with E-state index in [9.17, 15) is 41.5 Å². The van der Waals surface area contributed by atoms with Crippen LogP contribution in [-0.4, -0.2) is 266 Å². The molecule has 1 fully saturated rings. The quantitative estimate of drug-likeness (QED) is 0.00638. The SMILES string of the molecule is CCN=C(/C=C(/C)N)C(=O)Nc1nc2cc(C(N)=O)cc(OC)c2n1C/C=C/Cn1c(NC(=O)c2cc(C)nn2CC)nc2cc(C(N)=O)cc(OCCCN3CCN(CCOCCOCCOCCOCCOCCOCCOCCOCCOCCOCCC(=O)Oc4c(F)c(F)cc(F)c4F)CC3)c21. The number of methoxy groups -OCH3 is 1. The smallest absolute Gasteiger partial charge is 0.313 e. The summed E-state index contributed by atoms with van der Waals surface area (Å²) < 4.78 is 131. The number of primary amides is 2. The highest BCUT2D eigenvalue weighted by Crippen LogP contribution is 2.34. The van der Waals surface area contributed by atoms with Crippen molar-refractivity contribution in [3.05, 3.63) is 106 Å². The van der Waals surface area contributed by atoms with Gasteiger partial charge >= 0.3 is 5.97 Å². The molecule has 3 aromatic carbocycles. The molecule has 36 heteroatoms. The lowest BCUT2D eigenvalue weighted by Crippen LogP contribution is -2.47. The Hall–Kier alpha value is -9.05. The molecule has 32 nitrogen and oxygen atoms in total. The van der Waals surface area contributed by atoms with Crippen molar-refractivity contribution in [3.8, 4) is 17.2 Å². The number of halogens is 4. The summed E-state index contributed by atoms with van der Waals surface area (Å²) in [6, 6.07) is 7.83. The molecular weight excluding hydrogens is 1410 g/mol. The van der Waals surface area contributed by atoms with Crippen LogP contribution in [0.4, 0.5) is 29.5 Å². The van der Waals surface area contributed by atoms with Gasteiger partial charge in [0, 0.05) is 88.3 Å². The summed E-state index contributed by atoms with van der Waals surface area (Å²) in [6.07, 6.45) is 5.36. The fourth-order valence-corrected chi connectivity index (χ4v) is 10.7. The van der Waals surface area contributed by atoms with Crippen LogP contribution in [0.15, 0.2) is 65.3 Å². The summed E-state index contributed by atoms with van der Waals surface area (Å²) in [4.78, 5) is 83.2. The summed E-state index contributed by atoms with van der Waals surface area (Å²) in [5.74, 6) is -11.1. The number of aryl methyl sites for hydroxylation is 2. The first kappa shape index (κ1) is 85.2. The van der Waals surface area contributed by atoms with E-state index in [0.717, 1.165) is 39.3 Å². The van der Waals surface area contributed by atoms with Crippen molar-refractivity contribution in [3.63, 3.8) is 0 Å². The van der Waals surface area contributed by atoms with Gasteiger partial charge < -0.3 is 92.8 Å². The Morgan fingerprint density at radius 1 is 0.561 bits per heavy atom. The lowest BCUT2D eigenvalue weighted by atomic mass is 10.1. The number of amides is 4. The standard InChI is InChI=1S/C71H98F4N14O18/c1-6-79-56(41-48(3)76)68(93)82-70-80-54-43-50(66(77)91)45-58(95-5)63(54)87(70)13-8-9-14-88-64-55(81-71(88)83-69(94)57-42-49(4)84-89(57)7-2)44-51(67(78)92)46-59(64)106-20-10-12-85-15-17-86(18-16-85)19-22-97-24-26-99-28-30-101-32-34-103-36-38-105-40-39-104-37-35-102-33-31-100-29-27-98-25-23-96-21-11-60(90)107-65-61(74)52(72)47-53(73)62(65)75/h8-9,41-47H,6-7,10-40,76H2,1-5H3,(H2,77,91)(H2,78,92)(H,80,82,93)(H,81,83,94)/b9-8+,48-41-,79-56?. The largest absolute Gasteiger partial charge is 0.494 e. The van der Waals surface area contributed by atoms with E-state index < -0.39 is 65.0 Å². The third-order valence-electron chi connectivity index (χ3n) is 15.9. The topological polar surface area (TPSA) is 380 Å². The molecule has 3 aromatic heterocycles. The second-order valence-corrected chi connectivity index (χ2v) is 23.9. The number of rotatable bonds is 53. The average molecular weight is 1510 g/mol. The summed E-state index contributed by atoms with van der Waals surface area (Å²) in [5, 5.41) is 10.3. The number of aromatic nitrogens is 6. The highest BCUT2D eigenvalue weighted by Gasteiger charge is 2.26. The van der Waals surface area contributed by atoms with E-state index in [-0.39, 0.29) is 86.7 Å². The Morgan fingerprint density at radius 2 is 1.00 bits per heavy atom. The molecule has 1 saturated heterocycles. The number of hydrogen-bond donors (Lipinski definition) is 5. The Bertz CT molecular complexity index is 3910. The van der Waals surface area contributed by atoms with Gasteiger partial charge in [0.25, 0.3) is 11.8 Å². The maximum Gasteiger partial charge on any atom is 0.313 e. The van der Waals surface area contributed by atoms with Gasteiger partial charge in [0.05, 0.1) is 169 Å². The Kier molecular flexibility index (Phi) is 36.8. The van der Waals surface area contributed by atoms with E-state index in [1.807, 2.05) is 19.1 Å². The number of nitrogens with two attached hydrogens (primary N) is 3. The second kappa shape index (κ2) is 46.2. The van der Waals surface area contributed by atoms with E-state index in [1.165, 1.54) is 25.3 Å². The number of nitrogens with zero attached hydrogens (tertiary/aromatic N) is 9. The van der Waals surface area contributed by atoms with Gasteiger partial charge in [-0.1, -0.05) is 12.2 Å². The zero-order chi connectivity index (χ0) is 76.9. The highest BCUT2D eigenvalue weighted by molar-refractivity contribution is 6.47. The van der Waals surface area contributed by atoms with Crippen LogP contribution in [0.2, 0.25) is 0 Å². The van der Waals surface area contributed by atoms with Crippen LogP contribution >= 0.6 is 0 Å². The number of hydrogen-bond acceptors (Lipinski definition) is 25. The van der Waals surface area contributed by atoms with Gasteiger partial charge in [-0.05, 0) is 70.5 Å². The first-order valence-corrected chi connectivity index (χ1v) is 35.2. The molecule has 0 bridgehead atoms. The zero-order valence-electron chi connectivity index (χ0n) is 61.1. The van der Waals surface area contributed by atoms with Crippen LogP contribution < -0.4 is 42.0 Å². The summed E-state index contributed by atoms with van der Waals surface area (Å²) in [5.41, 5.74) is 20.8. The van der Waals surface area contributed by atoms with Crippen LogP contribution in [0.5, 0.6) is 17.2 Å². The lowest BCUT2D eigenvalue weighted by Gasteiger charge is -2.34.